The largest absolute Gasteiger partial charge is 1.00 e. The van der Waals surface area contributed by atoms with Crippen molar-refractivity contribution >= 4 is 5.97 Å². The van der Waals surface area contributed by atoms with Gasteiger partial charge in [-0.1, -0.05) is 19.8 Å². The molecular formula is C12H21BrN2O2. The van der Waals surface area contributed by atoms with Gasteiger partial charge in [0, 0.05) is 6.92 Å². The van der Waals surface area contributed by atoms with Crippen LogP contribution in [0.25, 0.3) is 0 Å². The molecule has 0 aliphatic carbocycles. The molecule has 0 saturated carbocycles. The first kappa shape index (κ1) is 16.2. The molecule has 0 spiro atoms. The van der Waals surface area contributed by atoms with Gasteiger partial charge >= 0.3 is 5.97 Å². The summed E-state index contributed by atoms with van der Waals surface area (Å²) >= 11 is 0. The van der Waals surface area contributed by atoms with Gasteiger partial charge in [-0.15, -0.1) is 0 Å². The number of hydrogen-bond acceptors (Lipinski definition) is 2. The van der Waals surface area contributed by atoms with Crippen LogP contribution >= 0.6 is 0 Å². The van der Waals surface area contributed by atoms with E-state index in [1.807, 2.05) is 35.5 Å². The number of nitrogens with zero attached hydrogens (tertiary/aromatic N) is 2. The van der Waals surface area contributed by atoms with Crippen LogP contribution < -0.4 is 21.5 Å². The Labute approximate surface area is 113 Å². The summed E-state index contributed by atoms with van der Waals surface area (Å²) in [6, 6.07) is 0. The minimum atomic E-state index is -0.157. The summed E-state index contributed by atoms with van der Waals surface area (Å²) in [5.41, 5.74) is 0. The van der Waals surface area contributed by atoms with Gasteiger partial charge < -0.3 is 21.7 Å². The Balaban J connectivity index is 0.00000256. The van der Waals surface area contributed by atoms with Crippen molar-refractivity contribution < 1.29 is 31.1 Å². The van der Waals surface area contributed by atoms with Crippen molar-refractivity contribution in [3.8, 4) is 0 Å². The van der Waals surface area contributed by atoms with E-state index in [4.69, 9.17) is 4.74 Å². The van der Waals surface area contributed by atoms with Gasteiger partial charge in [-0.3, -0.25) is 0 Å². The molecule has 1 heterocycles. The van der Waals surface area contributed by atoms with Crippen LogP contribution in [-0.4, -0.2) is 17.1 Å². The van der Waals surface area contributed by atoms with Crippen LogP contribution in [0.5, 0.6) is 0 Å². The van der Waals surface area contributed by atoms with Gasteiger partial charge in [0.1, 0.15) is 12.4 Å². The molecule has 0 N–H and O–H groups in total. The molecule has 98 valence electrons. The highest BCUT2D eigenvalue weighted by Gasteiger charge is 2.13. The molecule has 1 rings (SSSR count). The topological polar surface area (TPSA) is 35.1 Å². The SMILES string of the molecule is CCCCCOC(=O)C[n+]1ccn(C)c1C.[Br-]. The number of hydrogen-bond donors (Lipinski definition) is 0. The third-order valence-electron chi connectivity index (χ3n) is 2.71. The fraction of sp³-hybridized carbons (Fsp3) is 0.667. The Morgan fingerprint density at radius 2 is 2.18 bits per heavy atom. The van der Waals surface area contributed by atoms with Crippen molar-refractivity contribution in [1.29, 1.82) is 0 Å². The zero-order chi connectivity index (χ0) is 12.0. The lowest BCUT2D eigenvalue weighted by Crippen LogP contribution is -3.00. The highest BCUT2D eigenvalue weighted by molar-refractivity contribution is 5.67. The van der Waals surface area contributed by atoms with Crippen molar-refractivity contribution in [2.75, 3.05) is 6.61 Å². The van der Waals surface area contributed by atoms with Gasteiger partial charge in [-0.05, 0) is 6.42 Å². The van der Waals surface area contributed by atoms with Crippen LogP contribution in [0.15, 0.2) is 12.4 Å². The van der Waals surface area contributed by atoms with Gasteiger partial charge in [0.15, 0.2) is 6.54 Å². The van der Waals surface area contributed by atoms with Gasteiger partial charge in [0.05, 0.1) is 13.7 Å². The maximum absolute atomic E-state index is 11.5. The van der Waals surface area contributed by atoms with Crippen LogP contribution in [0.2, 0.25) is 0 Å². The minimum Gasteiger partial charge on any atom is -1.00 e. The number of unbranched alkanes of at least 4 members (excludes halogenated alkanes) is 2. The second-order valence-electron chi connectivity index (χ2n) is 4.01. The van der Waals surface area contributed by atoms with E-state index in [9.17, 15) is 4.79 Å². The van der Waals surface area contributed by atoms with E-state index in [0.717, 1.165) is 25.1 Å². The van der Waals surface area contributed by atoms with Gasteiger partial charge in [0.25, 0.3) is 5.82 Å². The van der Waals surface area contributed by atoms with Crippen molar-refractivity contribution in [3.05, 3.63) is 18.2 Å². The van der Waals surface area contributed by atoms with E-state index in [0.29, 0.717) is 13.2 Å². The van der Waals surface area contributed by atoms with Gasteiger partial charge in [-0.25, -0.2) is 13.9 Å². The Kier molecular flexibility index (Phi) is 7.87. The van der Waals surface area contributed by atoms with Gasteiger partial charge in [0.2, 0.25) is 0 Å². The summed E-state index contributed by atoms with van der Waals surface area (Å²) in [4.78, 5) is 11.5. The summed E-state index contributed by atoms with van der Waals surface area (Å²) in [6.07, 6.45) is 7.04. The van der Waals surface area contributed by atoms with E-state index in [1.165, 1.54) is 0 Å². The summed E-state index contributed by atoms with van der Waals surface area (Å²) in [7, 11) is 1.96. The first-order valence-corrected chi connectivity index (χ1v) is 5.82. The fourth-order valence-electron chi connectivity index (χ4n) is 1.49. The van der Waals surface area contributed by atoms with E-state index in [2.05, 4.69) is 6.92 Å². The number of imidazole rings is 1. The first-order valence-electron chi connectivity index (χ1n) is 5.82. The van der Waals surface area contributed by atoms with E-state index in [-0.39, 0.29) is 23.0 Å². The molecule has 0 radical (unpaired) electrons. The molecule has 4 nitrogen and oxygen atoms in total. The summed E-state index contributed by atoms with van der Waals surface area (Å²) in [6.45, 7) is 4.95. The minimum absolute atomic E-state index is 0. The average molecular weight is 305 g/mol. The van der Waals surface area contributed by atoms with Crippen molar-refractivity contribution in [3.63, 3.8) is 0 Å². The number of carbonyl (C=O) groups is 1. The predicted molar refractivity (Wildman–Crippen MR) is 60.8 cm³/mol. The molecule has 0 aliphatic heterocycles. The van der Waals surface area contributed by atoms with Crippen LogP contribution in [0, 0.1) is 6.92 Å². The van der Waals surface area contributed by atoms with Crippen molar-refractivity contribution in [2.45, 2.75) is 39.7 Å². The Bertz CT molecular complexity index is 350. The van der Waals surface area contributed by atoms with Crippen LogP contribution in [-0.2, 0) is 23.1 Å². The zero-order valence-corrected chi connectivity index (χ0v) is 12.4. The van der Waals surface area contributed by atoms with E-state index in [1.54, 1.807) is 0 Å². The molecule has 5 heteroatoms. The quantitative estimate of drug-likeness (QED) is 0.359. The lowest BCUT2D eigenvalue weighted by atomic mass is 10.3. The molecule has 0 fully saturated rings. The molecule has 0 bridgehead atoms. The van der Waals surface area contributed by atoms with E-state index >= 15 is 0 Å². The van der Waals surface area contributed by atoms with Crippen LogP contribution in [0.4, 0.5) is 0 Å². The smallest absolute Gasteiger partial charge is 0.348 e. The summed E-state index contributed by atoms with van der Waals surface area (Å²) in [5, 5.41) is 0. The number of aryl methyl sites for hydroxylation is 1. The number of ether oxygens (including phenoxy) is 1. The predicted octanol–water partition coefficient (Wildman–Crippen LogP) is -1.64. The third-order valence-corrected chi connectivity index (χ3v) is 2.71. The fourth-order valence-corrected chi connectivity index (χ4v) is 1.49. The number of carbonyl (C=O) groups excluding carboxylic acids is 1. The number of rotatable bonds is 6. The van der Waals surface area contributed by atoms with Crippen molar-refractivity contribution in [1.82, 2.24) is 4.57 Å². The Morgan fingerprint density at radius 3 is 2.71 bits per heavy atom. The monoisotopic (exact) mass is 304 g/mol. The number of aromatic nitrogens is 2. The molecule has 0 aromatic carbocycles. The lowest BCUT2D eigenvalue weighted by Gasteiger charge is -2.03. The van der Waals surface area contributed by atoms with Crippen molar-refractivity contribution in [2.24, 2.45) is 7.05 Å². The van der Waals surface area contributed by atoms with E-state index < -0.39 is 0 Å². The molecule has 17 heavy (non-hydrogen) atoms. The molecule has 0 saturated heterocycles. The lowest BCUT2D eigenvalue weighted by molar-refractivity contribution is -0.691. The second kappa shape index (κ2) is 8.28. The highest BCUT2D eigenvalue weighted by Crippen LogP contribution is 1.95. The molecule has 0 atom stereocenters. The molecule has 1 aromatic heterocycles. The third kappa shape index (κ3) is 5.35. The maximum Gasteiger partial charge on any atom is 0.348 e. The second-order valence-corrected chi connectivity index (χ2v) is 4.01. The average Bonchev–Trinajstić information content (AvgIpc) is 2.56. The van der Waals surface area contributed by atoms with Gasteiger partial charge in [-0.2, -0.15) is 0 Å². The van der Waals surface area contributed by atoms with Crippen LogP contribution in [0.3, 0.4) is 0 Å². The standard InChI is InChI=1S/C12H21N2O2.BrH/c1-4-5-6-9-16-12(15)10-14-8-7-13(3)11(14)2;/h7-8H,4-6,9-10H2,1-3H3;1H/q+1;/p-1. The summed E-state index contributed by atoms with van der Waals surface area (Å²) < 4.78 is 9.01. The first-order chi connectivity index (χ1) is 7.65. The molecule has 0 amide bonds. The Morgan fingerprint density at radius 1 is 1.47 bits per heavy atom. The Hall–Kier alpha value is -0.840. The molecule has 0 unspecified atom stereocenters. The number of esters is 1. The zero-order valence-electron chi connectivity index (χ0n) is 10.8. The highest BCUT2D eigenvalue weighted by atomic mass is 79.9. The maximum atomic E-state index is 11.5. The summed E-state index contributed by atoms with van der Waals surface area (Å²) in [5.74, 6) is 0.890. The molecule has 1 aromatic rings. The number of halogens is 1. The molecular weight excluding hydrogens is 284 g/mol. The van der Waals surface area contributed by atoms with Crippen LogP contribution in [0.1, 0.15) is 32.0 Å². The molecule has 0 aliphatic rings. The normalized spacial score (nSPS) is 9.82.